The first-order valence-electron chi connectivity index (χ1n) is 6.52. The largest absolute Gasteiger partial charge is 0.325 e. The molecule has 0 fully saturated rings. The lowest BCUT2D eigenvalue weighted by molar-refractivity contribution is 0.830. The molecule has 102 valence electrons. The van der Waals surface area contributed by atoms with Gasteiger partial charge in [0.2, 0.25) is 0 Å². The molecule has 0 aliphatic carbocycles. The van der Waals surface area contributed by atoms with Crippen LogP contribution < -0.4 is 0 Å². The van der Waals surface area contributed by atoms with E-state index in [1.54, 1.807) is 6.33 Å². The monoisotopic (exact) mass is 385 g/mol. The minimum absolute atomic E-state index is 0.530. The molecule has 2 aromatic carbocycles. The van der Waals surface area contributed by atoms with Crippen molar-refractivity contribution in [1.29, 1.82) is 5.26 Å². The van der Waals surface area contributed by atoms with Gasteiger partial charge in [-0.3, -0.25) is 0 Å². The molecule has 0 N–H and O–H groups in total. The Morgan fingerprint density at radius 1 is 1.24 bits per heavy atom. The first-order chi connectivity index (χ1) is 10.3. The van der Waals surface area contributed by atoms with Gasteiger partial charge in [-0.05, 0) is 58.5 Å². The van der Waals surface area contributed by atoms with Gasteiger partial charge in [-0.15, -0.1) is 0 Å². The van der Waals surface area contributed by atoms with Crippen LogP contribution in [0.2, 0.25) is 0 Å². The molecule has 0 bridgehead atoms. The van der Waals surface area contributed by atoms with E-state index in [1.165, 1.54) is 0 Å². The molecule has 0 saturated heterocycles. The van der Waals surface area contributed by atoms with Gasteiger partial charge in [-0.2, -0.15) is 5.26 Å². The van der Waals surface area contributed by atoms with Gasteiger partial charge in [0.1, 0.15) is 0 Å². The molecular formula is C17H12IN3. The van der Waals surface area contributed by atoms with Crippen LogP contribution in [-0.4, -0.2) is 9.55 Å². The third-order valence-electron chi connectivity index (χ3n) is 3.20. The first-order valence-corrected chi connectivity index (χ1v) is 7.60. The lowest BCUT2D eigenvalue weighted by Gasteiger charge is -2.03. The molecule has 0 saturated carbocycles. The Kier molecular flexibility index (Phi) is 4.02. The topological polar surface area (TPSA) is 41.6 Å². The maximum atomic E-state index is 9.37. The molecule has 0 radical (unpaired) electrons. The molecule has 1 heterocycles. The highest BCUT2D eigenvalue weighted by atomic mass is 127. The van der Waals surface area contributed by atoms with Crippen LogP contribution >= 0.6 is 22.6 Å². The van der Waals surface area contributed by atoms with Crippen molar-refractivity contribution in [3.8, 4) is 6.07 Å². The summed E-state index contributed by atoms with van der Waals surface area (Å²) in [5.74, 6) is 0. The van der Waals surface area contributed by atoms with Crippen molar-refractivity contribution in [2.45, 2.75) is 6.54 Å². The van der Waals surface area contributed by atoms with Crippen LogP contribution in [0.15, 0.2) is 60.4 Å². The number of hydrogen-bond acceptors (Lipinski definition) is 2. The predicted molar refractivity (Wildman–Crippen MR) is 92.5 cm³/mol. The number of fused-ring (bicyclic) bond motifs is 1. The molecule has 0 aliphatic heterocycles. The number of imidazole rings is 1. The summed E-state index contributed by atoms with van der Waals surface area (Å²) in [5, 5.41) is 9.37. The van der Waals surface area contributed by atoms with Gasteiger partial charge < -0.3 is 4.57 Å². The second-order valence-corrected chi connectivity index (χ2v) is 5.94. The third-order valence-corrected chi connectivity index (χ3v) is 3.87. The molecule has 3 rings (SSSR count). The van der Waals surface area contributed by atoms with Crippen molar-refractivity contribution in [2.75, 3.05) is 0 Å². The van der Waals surface area contributed by atoms with Crippen LogP contribution in [0.5, 0.6) is 0 Å². The molecule has 0 spiro atoms. The Hall–Kier alpha value is -2.13. The number of benzene rings is 2. The van der Waals surface area contributed by atoms with Crippen LogP contribution in [0, 0.1) is 14.9 Å². The van der Waals surface area contributed by atoms with E-state index in [0.717, 1.165) is 20.2 Å². The van der Waals surface area contributed by atoms with E-state index in [-0.39, 0.29) is 0 Å². The predicted octanol–water partition coefficient (Wildman–Crippen LogP) is 4.25. The Morgan fingerprint density at radius 3 is 2.90 bits per heavy atom. The van der Waals surface area contributed by atoms with Crippen LogP contribution in [0.1, 0.15) is 5.56 Å². The third kappa shape index (κ3) is 3.14. The highest BCUT2D eigenvalue weighted by molar-refractivity contribution is 14.1. The number of allylic oxidation sites excluding steroid dienone is 1. The number of hydrogen-bond donors (Lipinski definition) is 0. The molecule has 0 atom stereocenters. The minimum Gasteiger partial charge on any atom is -0.325 e. The van der Waals surface area contributed by atoms with E-state index >= 15 is 0 Å². The summed E-state index contributed by atoms with van der Waals surface area (Å²) in [7, 11) is 0. The fourth-order valence-electron chi connectivity index (χ4n) is 2.23. The van der Waals surface area contributed by atoms with Crippen LogP contribution in [0.25, 0.3) is 17.1 Å². The highest BCUT2D eigenvalue weighted by Gasteiger charge is 2.04. The number of para-hydroxylation sites is 2. The molecule has 0 unspecified atom stereocenters. The summed E-state index contributed by atoms with van der Waals surface area (Å²) in [4.78, 5) is 4.35. The molecule has 1 aromatic heterocycles. The zero-order valence-corrected chi connectivity index (χ0v) is 13.4. The van der Waals surface area contributed by atoms with E-state index < -0.39 is 0 Å². The number of aromatic nitrogens is 2. The fourth-order valence-corrected chi connectivity index (χ4v) is 2.80. The molecule has 4 heteroatoms. The maximum absolute atomic E-state index is 9.37. The van der Waals surface area contributed by atoms with Gasteiger partial charge in [0.15, 0.2) is 0 Å². The Morgan fingerprint density at radius 2 is 2.10 bits per heavy atom. The minimum atomic E-state index is 0.530. The summed E-state index contributed by atoms with van der Waals surface area (Å²) >= 11 is 2.27. The molecular weight excluding hydrogens is 373 g/mol. The zero-order chi connectivity index (χ0) is 14.7. The molecule has 3 aromatic rings. The van der Waals surface area contributed by atoms with Gasteiger partial charge in [0.25, 0.3) is 0 Å². The van der Waals surface area contributed by atoms with Gasteiger partial charge in [-0.1, -0.05) is 24.3 Å². The number of nitrogens with zero attached hydrogens (tertiary/aromatic N) is 3. The van der Waals surface area contributed by atoms with Crippen molar-refractivity contribution in [2.24, 2.45) is 0 Å². The number of nitriles is 1. The zero-order valence-electron chi connectivity index (χ0n) is 11.2. The standard InChI is InChI=1S/C17H12IN3/c18-15-5-3-4-13(9-15)8-14(10-19)11-21-12-20-16-6-1-2-7-17(16)21/h1-9,12H,11H2/b14-8-. The van der Waals surface area contributed by atoms with E-state index in [4.69, 9.17) is 0 Å². The van der Waals surface area contributed by atoms with Crippen molar-refractivity contribution in [3.05, 3.63) is 69.6 Å². The van der Waals surface area contributed by atoms with Crippen molar-refractivity contribution in [1.82, 2.24) is 9.55 Å². The van der Waals surface area contributed by atoms with Gasteiger partial charge in [0.05, 0.1) is 30.0 Å². The Bertz CT molecular complexity index is 856. The smallest absolute Gasteiger partial charge is 0.0966 e. The van der Waals surface area contributed by atoms with E-state index in [1.807, 2.05) is 53.1 Å². The molecule has 0 amide bonds. The molecule has 3 nitrogen and oxygen atoms in total. The lowest BCUT2D eigenvalue weighted by atomic mass is 10.1. The normalized spacial score (nSPS) is 11.5. The fraction of sp³-hybridized carbons (Fsp3) is 0.0588. The van der Waals surface area contributed by atoms with E-state index in [9.17, 15) is 5.26 Å². The van der Waals surface area contributed by atoms with Crippen molar-refractivity contribution < 1.29 is 0 Å². The van der Waals surface area contributed by atoms with E-state index in [0.29, 0.717) is 12.1 Å². The van der Waals surface area contributed by atoms with Crippen LogP contribution in [-0.2, 0) is 6.54 Å². The summed E-state index contributed by atoms with van der Waals surface area (Å²) in [6.45, 7) is 0.530. The molecule has 21 heavy (non-hydrogen) atoms. The van der Waals surface area contributed by atoms with Crippen molar-refractivity contribution >= 4 is 39.7 Å². The maximum Gasteiger partial charge on any atom is 0.0966 e. The Labute approximate surface area is 136 Å². The average molecular weight is 385 g/mol. The van der Waals surface area contributed by atoms with E-state index in [2.05, 4.69) is 39.7 Å². The summed E-state index contributed by atoms with van der Waals surface area (Å²) < 4.78 is 3.16. The van der Waals surface area contributed by atoms with Crippen LogP contribution in [0.3, 0.4) is 0 Å². The lowest BCUT2D eigenvalue weighted by Crippen LogP contribution is -1.98. The van der Waals surface area contributed by atoms with Crippen molar-refractivity contribution in [3.63, 3.8) is 0 Å². The highest BCUT2D eigenvalue weighted by Crippen LogP contribution is 2.16. The summed E-state index contributed by atoms with van der Waals surface area (Å²) in [5.41, 5.74) is 3.74. The molecule has 0 aliphatic rings. The average Bonchev–Trinajstić information content (AvgIpc) is 2.90. The summed E-state index contributed by atoms with van der Waals surface area (Å²) in [6, 6.07) is 18.3. The summed E-state index contributed by atoms with van der Waals surface area (Å²) in [6.07, 6.45) is 3.71. The van der Waals surface area contributed by atoms with Gasteiger partial charge in [0, 0.05) is 9.14 Å². The Balaban J connectivity index is 1.93. The first kappa shape index (κ1) is 13.8. The number of rotatable bonds is 3. The van der Waals surface area contributed by atoms with Gasteiger partial charge >= 0.3 is 0 Å². The van der Waals surface area contributed by atoms with Gasteiger partial charge in [-0.25, -0.2) is 4.98 Å². The SMILES string of the molecule is N#C/C(=C/c1cccc(I)c1)Cn1cnc2ccccc21. The number of halogens is 1. The second-order valence-electron chi connectivity index (χ2n) is 4.70. The second kappa shape index (κ2) is 6.10. The van der Waals surface area contributed by atoms with Crippen LogP contribution in [0.4, 0.5) is 0 Å². The quantitative estimate of drug-likeness (QED) is 0.500.